The lowest BCUT2D eigenvalue weighted by Crippen LogP contribution is -2.13. The molecular formula is C15H13FN2O. The number of benzene rings is 1. The molecule has 1 aliphatic heterocycles. The van der Waals surface area contributed by atoms with Gasteiger partial charge in [-0.2, -0.15) is 0 Å². The molecule has 0 saturated carbocycles. The van der Waals surface area contributed by atoms with Gasteiger partial charge in [-0.3, -0.25) is 9.78 Å². The van der Waals surface area contributed by atoms with Gasteiger partial charge in [-0.15, -0.1) is 0 Å². The number of nitrogens with one attached hydrogen (secondary N) is 1. The van der Waals surface area contributed by atoms with E-state index >= 15 is 0 Å². The van der Waals surface area contributed by atoms with Crippen molar-refractivity contribution in [2.75, 3.05) is 6.54 Å². The molecule has 1 saturated heterocycles. The summed E-state index contributed by atoms with van der Waals surface area (Å²) in [5.74, 6) is 0.00255. The van der Waals surface area contributed by atoms with E-state index in [-0.39, 0.29) is 17.6 Å². The third-order valence-electron chi connectivity index (χ3n) is 3.40. The molecule has 4 heteroatoms. The maximum Gasteiger partial charge on any atom is 0.220 e. The summed E-state index contributed by atoms with van der Waals surface area (Å²) in [5.41, 5.74) is 2.81. The summed E-state index contributed by atoms with van der Waals surface area (Å²) in [7, 11) is 0. The number of pyridine rings is 1. The highest BCUT2D eigenvalue weighted by Gasteiger charge is 2.22. The Balaban J connectivity index is 1.85. The number of carbonyl (C=O) groups excluding carboxylic acids is 1. The van der Waals surface area contributed by atoms with Gasteiger partial charge < -0.3 is 5.32 Å². The van der Waals surface area contributed by atoms with Crippen molar-refractivity contribution in [3.63, 3.8) is 0 Å². The lowest BCUT2D eigenvalue weighted by atomic mass is 9.96. The van der Waals surface area contributed by atoms with Crippen molar-refractivity contribution in [2.24, 2.45) is 0 Å². The molecule has 96 valence electrons. The van der Waals surface area contributed by atoms with Crippen LogP contribution in [-0.2, 0) is 4.79 Å². The highest BCUT2D eigenvalue weighted by molar-refractivity contribution is 5.79. The minimum atomic E-state index is -0.341. The largest absolute Gasteiger partial charge is 0.355 e. The van der Waals surface area contributed by atoms with Crippen LogP contribution in [0, 0.1) is 5.82 Å². The molecule has 1 aromatic carbocycles. The molecule has 3 rings (SSSR count). The Kier molecular flexibility index (Phi) is 2.99. The molecule has 0 bridgehead atoms. The smallest absolute Gasteiger partial charge is 0.220 e. The van der Waals surface area contributed by atoms with Gasteiger partial charge >= 0.3 is 0 Å². The van der Waals surface area contributed by atoms with E-state index in [0.717, 1.165) is 16.7 Å². The number of amides is 1. The average Bonchev–Trinajstić information content (AvgIpc) is 2.86. The summed E-state index contributed by atoms with van der Waals surface area (Å²) < 4.78 is 13.1. The zero-order chi connectivity index (χ0) is 13.2. The van der Waals surface area contributed by atoms with Gasteiger partial charge in [0, 0.05) is 30.6 Å². The number of hydrogen-bond donors (Lipinski definition) is 1. The normalized spacial score (nSPS) is 18.4. The van der Waals surface area contributed by atoms with Crippen LogP contribution in [0.1, 0.15) is 17.9 Å². The number of nitrogens with zero attached hydrogens (tertiary/aromatic N) is 1. The van der Waals surface area contributed by atoms with Crippen molar-refractivity contribution >= 4 is 5.91 Å². The number of hydrogen-bond acceptors (Lipinski definition) is 2. The molecule has 1 N–H and O–H groups in total. The summed E-state index contributed by atoms with van der Waals surface area (Å²) in [5, 5.41) is 2.82. The molecule has 1 amide bonds. The molecule has 1 fully saturated rings. The summed E-state index contributed by atoms with van der Waals surface area (Å²) in [6, 6.07) is 9.32. The zero-order valence-electron chi connectivity index (χ0n) is 10.3. The van der Waals surface area contributed by atoms with Gasteiger partial charge in [0.1, 0.15) is 5.82 Å². The summed E-state index contributed by atoms with van der Waals surface area (Å²) in [6.45, 7) is 0.694. The molecule has 1 atom stereocenters. The first kappa shape index (κ1) is 11.8. The van der Waals surface area contributed by atoms with Gasteiger partial charge in [0.2, 0.25) is 5.91 Å². The van der Waals surface area contributed by atoms with Crippen molar-refractivity contribution in [1.29, 1.82) is 0 Å². The number of aromatic nitrogens is 1. The second-order valence-electron chi connectivity index (χ2n) is 4.72. The van der Waals surface area contributed by atoms with Gasteiger partial charge in [-0.05, 0) is 17.2 Å². The topological polar surface area (TPSA) is 42.0 Å². The first-order valence-electron chi connectivity index (χ1n) is 6.20. The van der Waals surface area contributed by atoms with Gasteiger partial charge in [0.05, 0.1) is 6.20 Å². The monoisotopic (exact) mass is 256 g/mol. The van der Waals surface area contributed by atoms with E-state index in [1.165, 1.54) is 12.3 Å². The van der Waals surface area contributed by atoms with E-state index in [9.17, 15) is 9.18 Å². The molecule has 0 spiro atoms. The van der Waals surface area contributed by atoms with E-state index in [4.69, 9.17) is 0 Å². The highest BCUT2D eigenvalue weighted by Crippen LogP contribution is 2.26. The van der Waals surface area contributed by atoms with Crippen LogP contribution in [0.3, 0.4) is 0 Å². The minimum Gasteiger partial charge on any atom is -0.355 e. The van der Waals surface area contributed by atoms with E-state index in [0.29, 0.717) is 13.0 Å². The Labute approximate surface area is 110 Å². The number of carbonyl (C=O) groups is 1. The van der Waals surface area contributed by atoms with Crippen LogP contribution >= 0.6 is 0 Å². The van der Waals surface area contributed by atoms with Crippen molar-refractivity contribution < 1.29 is 9.18 Å². The first-order chi connectivity index (χ1) is 9.22. The summed E-state index contributed by atoms with van der Waals surface area (Å²) in [4.78, 5) is 15.0. The Morgan fingerprint density at radius 2 is 1.95 bits per heavy atom. The average molecular weight is 256 g/mol. The highest BCUT2D eigenvalue weighted by atomic mass is 19.1. The standard InChI is InChI=1S/C15H13FN2O/c16-14-5-12(7-17-9-14)10-1-3-11(4-2-10)13-6-15(19)18-8-13/h1-5,7,9,13H,6,8H2,(H,18,19). The number of halogens is 1. The van der Waals surface area contributed by atoms with Crippen LogP contribution in [0.25, 0.3) is 11.1 Å². The molecule has 1 aliphatic rings. The lowest BCUT2D eigenvalue weighted by molar-refractivity contribution is -0.119. The predicted octanol–water partition coefficient (Wildman–Crippen LogP) is 2.49. The fraction of sp³-hybridized carbons (Fsp3) is 0.200. The first-order valence-corrected chi connectivity index (χ1v) is 6.20. The van der Waals surface area contributed by atoms with Crippen LogP contribution in [0.2, 0.25) is 0 Å². The molecule has 0 radical (unpaired) electrons. The van der Waals surface area contributed by atoms with E-state index in [2.05, 4.69) is 10.3 Å². The van der Waals surface area contributed by atoms with Gasteiger partial charge in [0.25, 0.3) is 0 Å². The van der Waals surface area contributed by atoms with Crippen LogP contribution in [0.15, 0.2) is 42.7 Å². The van der Waals surface area contributed by atoms with Crippen LogP contribution in [0.5, 0.6) is 0 Å². The Hall–Kier alpha value is -2.23. The maximum atomic E-state index is 13.1. The summed E-state index contributed by atoms with van der Waals surface area (Å²) >= 11 is 0. The Morgan fingerprint density at radius 3 is 2.58 bits per heavy atom. The second-order valence-corrected chi connectivity index (χ2v) is 4.72. The minimum absolute atomic E-state index is 0.100. The third kappa shape index (κ3) is 2.47. The molecule has 0 aliphatic carbocycles. The van der Waals surface area contributed by atoms with Gasteiger partial charge in [0.15, 0.2) is 0 Å². The number of rotatable bonds is 2. The quantitative estimate of drug-likeness (QED) is 0.897. The fourth-order valence-electron chi connectivity index (χ4n) is 2.36. The summed E-state index contributed by atoms with van der Waals surface area (Å²) in [6.07, 6.45) is 3.37. The molecule has 3 nitrogen and oxygen atoms in total. The van der Waals surface area contributed by atoms with E-state index in [1.807, 2.05) is 24.3 Å². The second kappa shape index (κ2) is 4.80. The van der Waals surface area contributed by atoms with Crippen LogP contribution in [0.4, 0.5) is 4.39 Å². The van der Waals surface area contributed by atoms with Crippen LogP contribution in [-0.4, -0.2) is 17.4 Å². The predicted molar refractivity (Wildman–Crippen MR) is 70.0 cm³/mol. The molecule has 19 heavy (non-hydrogen) atoms. The van der Waals surface area contributed by atoms with E-state index in [1.54, 1.807) is 6.20 Å². The lowest BCUT2D eigenvalue weighted by Gasteiger charge is -2.08. The Morgan fingerprint density at radius 1 is 1.16 bits per heavy atom. The van der Waals surface area contributed by atoms with Gasteiger partial charge in [-0.1, -0.05) is 24.3 Å². The maximum absolute atomic E-state index is 13.1. The molecule has 1 aromatic heterocycles. The third-order valence-corrected chi connectivity index (χ3v) is 3.40. The van der Waals surface area contributed by atoms with Crippen molar-refractivity contribution in [3.8, 4) is 11.1 Å². The van der Waals surface area contributed by atoms with Gasteiger partial charge in [-0.25, -0.2) is 4.39 Å². The van der Waals surface area contributed by atoms with E-state index < -0.39 is 0 Å². The van der Waals surface area contributed by atoms with Crippen molar-refractivity contribution in [1.82, 2.24) is 10.3 Å². The van der Waals surface area contributed by atoms with Crippen molar-refractivity contribution in [3.05, 3.63) is 54.1 Å². The SMILES string of the molecule is O=C1CC(c2ccc(-c3cncc(F)c3)cc2)CN1. The zero-order valence-corrected chi connectivity index (χ0v) is 10.3. The fourth-order valence-corrected chi connectivity index (χ4v) is 2.36. The molecule has 1 unspecified atom stereocenters. The Bertz CT molecular complexity index is 610. The van der Waals surface area contributed by atoms with Crippen LogP contribution < -0.4 is 5.32 Å². The molecule has 2 heterocycles. The molecular weight excluding hydrogens is 243 g/mol. The molecule has 2 aromatic rings. The van der Waals surface area contributed by atoms with Crippen molar-refractivity contribution in [2.45, 2.75) is 12.3 Å².